The number of H-pyrrole nitrogens is 1. The molecule has 0 radical (unpaired) electrons. The van der Waals surface area contributed by atoms with Gasteiger partial charge in [0.25, 0.3) is 0 Å². The van der Waals surface area contributed by atoms with Gasteiger partial charge >= 0.3 is 12.2 Å². The van der Waals surface area contributed by atoms with Crippen molar-refractivity contribution in [1.29, 1.82) is 0 Å². The molecule has 5 heterocycles. The molecule has 2 atom stereocenters. The highest BCUT2D eigenvalue weighted by atomic mass is 16.6. The molecule has 3 aromatic carbocycles. The number of amides is 2. The van der Waals surface area contributed by atoms with Gasteiger partial charge in [-0.1, -0.05) is 60.7 Å². The number of imidazole rings is 1. The molecule has 4 aliphatic rings. The van der Waals surface area contributed by atoms with E-state index in [1.54, 1.807) is 4.90 Å². The molecule has 54 heavy (non-hydrogen) atoms. The van der Waals surface area contributed by atoms with Crippen LogP contribution >= 0.6 is 0 Å². The summed E-state index contributed by atoms with van der Waals surface area (Å²) in [6.07, 6.45) is 7.20. The van der Waals surface area contributed by atoms with E-state index in [4.69, 9.17) is 14.2 Å². The molecule has 8 rings (SSSR count). The van der Waals surface area contributed by atoms with Crippen LogP contribution in [0.15, 0.2) is 84.7 Å². The number of nitrogens with zero attached hydrogens (tertiary/aromatic N) is 3. The Labute approximate surface area is 317 Å². The summed E-state index contributed by atoms with van der Waals surface area (Å²) in [6.45, 7) is 14.0. The number of benzene rings is 3. The number of nitrogens with one attached hydrogen (secondary N) is 2. The van der Waals surface area contributed by atoms with E-state index in [1.165, 1.54) is 5.56 Å². The Morgan fingerprint density at radius 2 is 1.26 bits per heavy atom. The number of hydrogen-bond donors (Lipinski definition) is 2. The molecule has 2 N–H and O–H groups in total. The molecule has 1 spiro atoms. The standard InChI is InChI=1S/C44H51N5O5/c1-42(2,3)53-40(50)48-21-7-9-37(48)35-24-44(26-52-27-44)33-20-19-32(23-34(33)46-35)30-13-11-28(12-14-30)29-15-17-31(18-16-29)36-25-45-39(47-36)38-10-8-22-49(38)41(51)54-43(4,5)6/h11-20,23-25,37-38,46H,7-10,21-22,26-27H2,1-6H3,(H,45,47)/t37-,38-/m0/s1. The lowest BCUT2D eigenvalue weighted by Gasteiger charge is -2.45. The SMILES string of the molecule is CC(C)(C)OC(=O)N1CCC[C@H]1C1=CC2(COC2)c2ccc(-c3ccc(-c4ccc(-c5cnc([C@@H]6CCCN6C(=O)OC(C)(C)C)[nH]5)cc4)cc3)cc2N1. The maximum atomic E-state index is 13.2. The summed E-state index contributed by atoms with van der Waals surface area (Å²) in [5, 5.41) is 3.73. The number of aromatic nitrogens is 2. The fourth-order valence-electron chi connectivity index (χ4n) is 8.14. The molecule has 1 aromatic heterocycles. The zero-order valence-corrected chi connectivity index (χ0v) is 32.2. The first-order valence-electron chi connectivity index (χ1n) is 19.2. The number of carbonyl (C=O) groups is 2. The fourth-order valence-corrected chi connectivity index (χ4v) is 8.14. The second-order valence-electron chi connectivity index (χ2n) is 17.1. The number of fused-ring (bicyclic) bond motifs is 2. The highest BCUT2D eigenvalue weighted by Crippen LogP contribution is 2.46. The topological polar surface area (TPSA) is 109 Å². The van der Waals surface area contributed by atoms with Crippen molar-refractivity contribution < 1.29 is 23.8 Å². The molecule has 282 valence electrons. The molecule has 0 bridgehead atoms. The Hall–Kier alpha value is -5.09. The number of carbonyl (C=O) groups excluding carboxylic acids is 2. The number of rotatable bonds is 5. The molecule has 2 amide bonds. The lowest BCUT2D eigenvalue weighted by atomic mass is 9.74. The molecule has 10 heteroatoms. The molecule has 10 nitrogen and oxygen atoms in total. The van der Waals surface area contributed by atoms with Gasteiger partial charge in [0.2, 0.25) is 0 Å². The smallest absolute Gasteiger partial charge is 0.410 e. The minimum Gasteiger partial charge on any atom is -0.444 e. The van der Waals surface area contributed by atoms with Gasteiger partial charge in [0.1, 0.15) is 17.0 Å². The van der Waals surface area contributed by atoms with Crippen molar-refractivity contribution in [1.82, 2.24) is 19.8 Å². The second-order valence-corrected chi connectivity index (χ2v) is 17.1. The van der Waals surface area contributed by atoms with E-state index in [0.29, 0.717) is 26.3 Å². The second kappa shape index (κ2) is 13.6. The molecule has 3 fully saturated rings. The van der Waals surface area contributed by atoms with E-state index in [2.05, 4.69) is 88.1 Å². The molecule has 0 unspecified atom stereocenters. The van der Waals surface area contributed by atoms with Crippen LogP contribution in [0.4, 0.5) is 15.3 Å². The number of likely N-dealkylation sites (tertiary alicyclic amines) is 2. The summed E-state index contributed by atoms with van der Waals surface area (Å²) >= 11 is 0. The number of anilines is 1. The zero-order valence-electron chi connectivity index (χ0n) is 32.2. The van der Waals surface area contributed by atoms with Crippen molar-refractivity contribution in [2.45, 2.75) is 95.9 Å². The molecule has 3 saturated heterocycles. The van der Waals surface area contributed by atoms with E-state index in [9.17, 15) is 9.59 Å². The Balaban J connectivity index is 0.965. The first-order valence-corrected chi connectivity index (χ1v) is 19.2. The highest BCUT2D eigenvalue weighted by Gasteiger charge is 2.45. The van der Waals surface area contributed by atoms with Gasteiger partial charge in [0, 0.05) is 24.5 Å². The zero-order chi connectivity index (χ0) is 37.8. The summed E-state index contributed by atoms with van der Waals surface area (Å²) in [4.78, 5) is 37.8. The summed E-state index contributed by atoms with van der Waals surface area (Å²) in [5.74, 6) is 0.787. The van der Waals surface area contributed by atoms with Crippen molar-refractivity contribution in [3.8, 4) is 33.5 Å². The minimum absolute atomic E-state index is 0.0584. The van der Waals surface area contributed by atoms with Crippen molar-refractivity contribution >= 4 is 17.9 Å². The molecule has 4 aromatic rings. The van der Waals surface area contributed by atoms with Gasteiger partial charge in [0.15, 0.2) is 0 Å². The van der Waals surface area contributed by atoms with Crippen LogP contribution in [0, 0.1) is 0 Å². The fraction of sp³-hybridized carbons (Fsp3) is 0.432. The van der Waals surface area contributed by atoms with Crippen LogP contribution in [0.1, 0.15) is 84.7 Å². The van der Waals surface area contributed by atoms with Gasteiger partial charge in [-0.15, -0.1) is 0 Å². The first-order chi connectivity index (χ1) is 25.8. The Bertz CT molecular complexity index is 2070. The van der Waals surface area contributed by atoms with Gasteiger partial charge in [0.05, 0.1) is 42.6 Å². The highest BCUT2D eigenvalue weighted by molar-refractivity contribution is 5.78. The molecular weight excluding hydrogens is 679 g/mol. The van der Waals surface area contributed by atoms with Crippen LogP contribution in [0.2, 0.25) is 0 Å². The van der Waals surface area contributed by atoms with E-state index >= 15 is 0 Å². The van der Waals surface area contributed by atoms with Gasteiger partial charge in [-0.3, -0.25) is 9.80 Å². The van der Waals surface area contributed by atoms with Crippen LogP contribution in [0.25, 0.3) is 33.5 Å². The van der Waals surface area contributed by atoms with Crippen LogP contribution in [-0.4, -0.2) is 75.5 Å². The summed E-state index contributed by atoms with van der Waals surface area (Å²) in [6, 6.07) is 23.6. The molecule has 0 aliphatic carbocycles. The molecular formula is C44H51N5O5. The van der Waals surface area contributed by atoms with E-state index < -0.39 is 11.2 Å². The normalized spacial score (nSPS) is 20.6. The molecule has 0 saturated carbocycles. The minimum atomic E-state index is -0.544. The van der Waals surface area contributed by atoms with E-state index in [-0.39, 0.29) is 29.7 Å². The van der Waals surface area contributed by atoms with Crippen molar-refractivity contribution in [2.24, 2.45) is 0 Å². The number of hydrogen-bond acceptors (Lipinski definition) is 7. The van der Waals surface area contributed by atoms with Gasteiger partial charge in [-0.2, -0.15) is 0 Å². The average Bonchev–Trinajstić information content (AvgIpc) is 3.90. The molecule has 4 aliphatic heterocycles. The third-order valence-corrected chi connectivity index (χ3v) is 10.8. The number of ether oxygens (including phenoxy) is 3. The van der Waals surface area contributed by atoms with Gasteiger partial charge in [-0.25, -0.2) is 14.6 Å². The lowest BCUT2D eigenvalue weighted by molar-refractivity contribution is -0.0349. The van der Waals surface area contributed by atoms with Crippen LogP contribution in [0.3, 0.4) is 0 Å². The quantitative estimate of drug-likeness (QED) is 0.211. The van der Waals surface area contributed by atoms with Crippen molar-refractivity contribution in [3.63, 3.8) is 0 Å². The third kappa shape index (κ3) is 7.11. The van der Waals surface area contributed by atoms with Crippen molar-refractivity contribution in [2.75, 3.05) is 31.6 Å². The van der Waals surface area contributed by atoms with Crippen LogP contribution in [0.5, 0.6) is 0 Å². The predicted octanol–water partition coefficient (Wildman–Crippen LogP) is 9.46. The Morgan fingerprint density at radius 3 is 1.81 bits per heavy atom. The average molecular weight is 730 g/mol. The maximum absolute atomic E-state index is 13.2. The predicted molar refractivity (Wildman–Crippen MR) is 210 cm³/mol. The Morgan fingerprint density at radius 1 is 0.741 bits per heavy atom. The van der Waals surface area contributed by atoms with E-state index in [0.717, 1.165) is 76.4 Å². The van der Waals surface area contributed by atoms with Crippen LogP contribution < -0.4 is 5.32 Å². The third-order valence-electron chi connectivity index (χ3n) is 10.8. The summed E-state index contributed by atoms with van der Waals surface area (Å²) < 4.78 is 17.2. The summed E-state index contributed by atoms with van der Waals surface area (Å²) in [7, 11) is 0. The van der Waals surface area contributed by atoms with Crippen LogP contribution in [-0.2, 0) is 19.6 Å². The van der Waals surface area contributed by atoms with Gasteiger partial charge in [-0.05, 0) is 113 Å². The number of aromatic amines is 1. The largest absolute Gasteiger partial charge is 0.444 e. The lowest BCUT2D eigenvalue weighted by Crippen LogP contribution is -2.50. The Kier molecular flexibility index (Phi) is 9.07. The summed E-state index contributed by atoms with van der Waals surface area (Å²) in [5.41, 5.74) is 8.53. The maximum Gasteiger partial charge on any atom is 0.410 e. The first kappa shape index (κ1) is 35.9. The van der Waals surface area contributed by atoms with Gasteiger partial charge < -0.3 is 24.5 Å². The van der Waals surface area contributed by atoms with E-state index in [1.807, 2.05) is 52.6 Å². The van der Waals surface area contributed by atoms with Crippen molar-refractivity contribution in [3.05, 3.63) is 96.1 Å². The monoisotopic (exact) mass is 729 g/mol.